The van der Waals surface area contributed by atoms with Crippen LogP contribution >= 0.6 is 11.6 Å². The molecule has 1 aromatic heterocycles. The van der Waals surface area contributed by atoms with Gasteiger partial charge in [-0.1, -0.05) is 17.7 Å². The molecule has 17 heavy (non-hydrogen) atoms. The molecular weight excluding hydrogens is 240 g/mol. The van der Waals surface area contributed by atoms with Crippen LogP contribution in [0.2, 0.25) is 5.02 Å². The van der Waals surface area contributed by atoms with Gasteiger partial charge < -0.3 is 5.11 Å². The summed E-state index contributed by atoms with van der Waals surface area (Å²) in [7, 11) is 0. The molecule has 1 heterocycles. The number of aromatic nitrogens is 2. The van der Waals surface area contributed by atoms with Crippen molar-refractivity contribution in [3.8, 4) is 11.3 Å². The first-order chi connectivity index (χ1) is 8.13. The van der Waals surface area contributed by atoms with E-state index in [1.165, 1.54) is 6.07 Å². The van der Waals surface area contributed by atoms with Gasteiger partial charge in [0, 0.05) is 23.3 Å². The standard InChI is InChI=1S/C12H11ClN2O2/c1-2-15-11(5-6-14-15)9-4-3-8(13)7-10(9)12(16)17/h3-7H,2H2,1H3,(H,16,17). The summed E-state index contributed by atoms with van der Waals surface area (Å²) in [4.78, 5) is 11.2. The van der Waals surface area contributed by atoms with Crippen LogP contribution in [0.4, 0.5) is 0 Å². The molecular formula is C12H11ClN2O2. The summed E-state index contributed by atoms with van der Waals surface area (Å²) in [6.45, 7) is 2.64. The Morgan fingerprint density at radius 2 is 2.24 bits per heavy atom. The first-order valence-electron chi connectivity index (χ1n) is 5.18. The Morgan fingerprint density at radius 1 is 1.47 bits per heavy atom. The van der Waals surface area contributed by atoms with Gasteiger partial charge in [0.2, 0.25) is 0 Å². The predicted octanol–water partition coefficient (Wildman–Crippen LogP) is 2.92. The molecule has 0 bridgehead atoms. The Bertz CT molecular complexity index is 563. The number of hydrogen-bond acceptors (Lipinski definition) is 2. The number of aromatic carboxylic acids is 1. The molecule has 0 aliphatic heterocycles. The highest BCUT2D eigenvalue weighted by Crippen LogP contribution is 2.26. The van der Waals surface area contributed by atoms with Crippen molar-refractivity contribution >= 4 is 17.6 Å². The van der Waals surface area contributed by atoms with Gasteiger partial charge in [-0.15, -0.1) is 0 Å². The third-order valence-corrected chi connectivity index (χ3v) is 2.74. The topological polar surface area (TPSA) is 55.1 Å². The molecule has 5 heteroatoms. The van der Waals surface area contributed by atoms with Crippen LogP contribution in [0.3, 0.4) is 0 Å². The third kappa shape index (κ3) is 2.17. The van der Waals surface area contributed by atoms with Crippen molar-refractivity contribution < 1.29 is 9.90 Å². The van der Waals surface area contributed by atoms with Crippen molar-refractivity contribution in [2.45, 2.75) is 13.5 Å². The van der Waals surface area contributed by atoms with Crippen molar-refractivity contribution in [1.29, 1.82) is 0 Å². The zero-order valence-electron chi connectivity index (χ0n) is 9.22. The predicted molar refractivity (Wildman–Crippen MR) is 65.3 cm³/mol. The Kier molecular flexibility index (Phi) is 3.15. The first kappa shape index (κ1) is 11.7. The molecule has 0 amide bonds. The molecule has 0 fully saturated rings. The van der Waals surface area contributed by atoms with Crippen LogP contribution in [-0.2, 0) is 6.54 Å². The summed E-state index contributed by atoms with van der Waals surface area (Å²) in [5, 5.41) is 13.7. The minimum Gasteiger partial charge on any atom is -0.478 e. The minimum atomic E-state index is -0.994. The van der Waals surface area contributed by atoms with Gasteiger partial charge in [-0.25, -0.2) is 4.79 Å². The Morgan fingerprint density at radius 3 is 2.88 bits per heavy atom. The van der Waals surface area contributed by atoms with Crippen LogP contribution in [0.25, 0.3) is 11.3 Å². The fourth-order valence-electron chi connectivity index (χ4n) is 1.73. The van der Waals surface area contributed by atoms with Crippen LogP contribution in [-0.4, -0.2) is 20.9 Å². The second-order valence-corrected chi connectivity index (χ2v) is 3.96. The van der Waals surface area contributed by atoms with Gasteiger partial charge in [-0.3, -0.25) is 4.68 Å². The molecule has 0 aliphatic carbocycles. The molecule has 0 radical (unpaired) electrons. The first-order valence-corrected chi connectivity index (χ1v) is 5.56. The molecule has 0 aliphatic rings. The lowest BCUT2D eigenvalue weighted by Crippen LogP contribution is -2.04. The number of nitrogens with zero attached hydrogens (tertiary/aromatic N) is 2. The number of benzene rings is 1. The zero-order valence-corrected chi connectivity index (χ0v) is 9.98. The fraction of sp³-hybridized carbons (Fsp3) is 0.167. The number of halogens is 1. The van der Waals surface area contributed by atoms with Gasteiger partial charge in [0.05, 0.1) is 11.3 Å². The van der Waals surface area contributed by atoms with E-state index in [1.807, 2.05) is 6.92 Å². The maximum Gasteiger partial charge on any atom is 0.336 e. The van der Waals surface area contributed by atoms with Crippen LogP contribution < -0.4 is 0 Å². The lowest BCUT2D eigenvalue weighted by molar-refractivity contribution is 0.0697. The molecule has 2 aromatic rings. The molecule has 4 nitrogen and oxygen atoms in total. The maximum absolute atomic E-state index is 11.2. The molecule has 88 valence electrons. The smallest absolute Gasteiger partial charge is 0.336 e. The largest absolute Gasteiger partial charge is 0.478 e. The number of rotatable bonds is 3. The normalized spacial score (nSPS) is 10.5. The van der Waals surface area contributed by atoms with E-state index in [1.54, 1.807) is 29.1 Å². The van der Waals surface area contributed by atoms with E-state index in [2.05, 4.69) is 5.10 Å². The van der Waals surface area contributed by atoms with E-state index in [-0.39, 0.29) is 5.56 Å². The SMILES string of the molecule is CCn1nccc1-c1ccc(Cl)cc1C(=O)O. The summed E-state index contributed by atoms with van der Waals surface area (Å²) in [5.74, 6) is -0.994. The monoisotopic (exact) mass is 250 g/mol. The number of carbonyl (C=O) groups is 1. The fourth-order valence-corrected chi connectivity index (χ4v) is 1.90. The van der Waals surface area contributed by atoms with Crippen molar-refractivity contribution in [3.05, 3.63) is 41.0 Å². The summed E-state index contributed by atoms with van der Waals surface area (Å²) in [6, 6.07) is 6.62. The lowest BCUT2D eigenvalue weighted by atomic mass is 10.0. The quantitative estimate of drug-likeness (QED) is 0.911. The van der Waals surface area contributed by atoms with E-state index >= 15 is 0 Å². The van der Waals surface area contributed by atoms with Gasteiger partial charge in [-0.05, 0) is 25.1 Å². The van der Waals surface area contributed by atoms with Crippen molar-refractivity contribution in [2.75, 3.05) is 0 Å². The molecule has 0 saturated carbocycles. The number of hydrogen-bond donors (Lipinski definition) is 1. The number of aryl methyl sites for hydroxylation is 1. The van der Waals surface area contributed by atoms with Gasteiger partial charge in [-0.2, -0.15) is 5.10 Å². The molecule has 2 rings (SSSR count). The summed E-state index contributed by atoms with van der Waals surface area (Å²) >= 11 is 5.81. The highest BCUT2D eigenvalue weighted by molar-refractivity contribution is 6.31. The van der Waals surface area contributed by atoms with E-state index in [4.69, 9.17) is 16.7 Å². The second-order valence-electron chi connectivity index (χ2n) is 3.53. The number of carboxylic acid groups (broad SMARTS) is 1. The highest BCUT2D eigenvalue weighted by Gasteiger charge is 2.14. The van der Waals surface area contributed by atoms with Crippen LogP contribution in [0.5, 0.6) is 0 Å². The summed E-state index contributed by atoms with van der Waals surface area (Å²) in [6.07, 6.45) is 1.65. The van der Waals surface area contributed by atoms with Gasteiger partial charge in [0.25, 0.3) is 0 Å². The number of carboxylic acids is 1. The van der Waals surface area contributed by atoms with Gasteiger partial charge in [0.15, 0.2) is 0 Å². The van der Waals surface area contributed by atoms with Crippen molar-refractivity contribution in [3.63, 3.8) is 0 Å². The Balaban J connectivity index is 2.63. The zero-order chi connectivity index (χ0) is 12.4. The van der Waals surface area contributed by atoms with Gasteiger partial charge in [0.1, 0.15) is 0 Å². The molecule has 0 atom stereocenters. The average molecular weight is 251 g/mol. The highest BCUT2D eigenvalue weighted by atomic mass is 35.5. The lowest BCUT2D eigenvalue weighted by Gasteiger charge is -2.08. The summed E-state index contributed by atoms with van der Waals surface area (Å²) in [5.41, 5.74) is 1.59. The van der Waals surface area contributed by atoms with Crippen LogP contribution in [0.15, 0.2) is 30.5 Å². The molecule has 0 spiro atoms. The molecule has 1 N–H and O–H groups in total. The van der Waals surface area contributed by atoms with Crippen LogP contribution in [0.1, 0.15) is 17.3 Å². The van der Waals surface area contributed by atoms with E-state index in [9.17, 15) is 4.79 Å². The summed E-state index contributed by atoms with van der Waals surface area (Å²) < 4.78 is 1.75. The van der Waals surface area contributed by atoms with Crippen molar-refractivity contribution in [2.24, 2.45) is 0 Å². The van der Waals surface area contributed by atoms with Crippen molar-refractivity contribution in [1.82, 2.24) is 9.78 Å². The molecule has 1 aromatic carbocycles. The van der Waals surface area contributed by atoms with Gasteiger partial charge >= 0.3 is 5.97 Å². The second kappa shape index (κ2) is 4.59. The average Bonchev–Trinajstić information content (AvgIpc) is 2.76. The maximum atomic E-state index is 11.2. The minimum absolute atomic E-state index is 0.188. The van der Waals surface area contributed by atoms with Crippen LogP contribution in [0, 0.1) is 0 Å². The Hall–Kier alpha value is -1.81. The van der Waals surface area contributed by atoms with E-state index in [0.29, 0.717) is 17.1 Å². The Labute approximate surface area is 103 Å². The molecule has 0 unspecified atom stereocenters. The van der Waals surface area contributed by atoms with E-state index in [0.717, 1.165) is 5.69 Å². The molecule has 0 saturated heterocycles. The van der Waals surface area contributed by atoms with E-state index < -0.39 is 5.97 Å². The third-order valence-electron chi connectivity index (χ3n) is 2.50.